The van der Waals surface area contributed by atoms with E-state index >= 15 is 0 Å². The third-order valence-electron chi connectivity index (χ3n) is 2.27. The maximum Gasteiger partial charge on any atom is 0.343 e. The molecule has 0 aliphatic heterocycles. The first kappa shape index (κ1) is 11.5. The zero-order valence-electron chi connectivity index (χ0n) is 8.87. The smallest absolute Gasteiger partial charge is 0.343 e. The van der Waals surface area contributed by atoms with Gasteiger partial charge in [-0.05, 0) is 37.1 Å². The number of aryl methyl sites for hydroxylation is 2. The van der Waals surface area contributed by atoms with Gasteiger partial charge < -0.3 is 9.84 Å². The largest absolute Gasteiger partial charge is 0.496 e. The van der Waals surface area contributed by atoms with E-state index in [1.807, 2.05) is 0 Å². The Morgan fingerprint density at radius 2 is 2.00 bits per heavy atom. The zero-order chi connectivity index (χ0) is 11.6. The summed E-state index contributed by atoms with van der Waals surface area (Å²) >= 11 is 0. The molecule has 4 heteroatoms. The molecule has 0 spiro atoms. The van der Waals surface area contributed by atoms with Crippen LogP contribution in [0.3, 0.4) is 0 Å². The lowest BCUT2D eigenvalue weighted by atomic mass is 10.0. The third-order valence-corrected chi connectivity index (χ3v) is 2.27. The number of carboxylic acid groups (broad SMARTS) is 1. The number of aliphatic carboxylic acids is 1. The molecule has 1 N–H and O–H groups in total. The van der Waals surface area contributed by atoms with Crippen molar-refractivity contribution in [2.24, 2.45) is 0 Å². The molecule has 3 nitrogen and oxygen atoms in total. The minimum Gasteiger partial charge on any atom is -0.496 e. The highest BCUT2D eigenvalue weighted by Gasteiger charge is 2.21. The monoisotopic (exact) mass is 212 g/mol. The van der Waals surface area contributed by atoms with Gasteiger partial charge in [-0.15, -0.1) is 0 Å². The first-order chi connectivity index (χ1) is 6.97. The normalized spacial score (nSPS) is 12.3. The van der Waals surface area contributed by atoms with E-state index in [0.29, 0.717) is 11.3 Å². The molecule has 0 saturated carbocycles. The van der Waals surface area contributed by atoms with Crippen molar-refractivity contribution in [3.63, 3.8) is 0 Å². The van der Waals surface area contributed by atoms with Crippen LogP contribution in [0.15, 0.2) is 12.1 Å². The van der Waals surface area contributed by atoms with Gasteiger partial charge in [-0.2, -0.15) is 0 Å². The van der Waals surface area contributed by atoms with Gasteiger partial charge in [-0.3, -0.25) is 0 Å². The van der Waals surface area contributed by atoms with E-state index in [4.69, 9.17) is 9.84 Å². The topological polar surface area (TPSA) is 46.5 Å². The first-order valence-electron chi connectivity index (χ1n) is 4.49. The maximum absolute atomic E-state index is 13.3. The summed E-state index contributed by atoms with van der Waals surface area (Å²) in [6, 6.07) is 3.15. The number of rotatable bonds is 3. The van der Waals surface area contributed by atoms with Crippen molar-refractivity contribution in [3.8, 4) is 5.75 Å². The molecule has 1 atom stereocenters. The van der Waals surface area contributed by atoms with Crippen molar-refractivity contribution >= 4 is 5.97 Å². The van der Waals surface area contributed by atoms with Crippen LogP contribution in [-0.2, 0) is 4.79 Å². The Morgan fingerprint density at radius 3 is 2.47 bits per heavy atom. The Labute approximate surface area is 87.5 Å². The molecule has 0 amide bonds. The molecule has 0 saturated heterocycles. The third kappa shape index (κ3) is 2.26. The number of hydrogen-bond donors (Lipinski definition) is 1. The van der Waals surface area contributed by atoms with E-state index < -0.39 is 12.1 Å². The Kier molecular flexibility index (Phi) is 3.29. The van der Waals surface area contributed by atoms with E-state index in [1.165, 1.54) is 13.2 Å². The van der Waals surface area contributed by atoms with Crippen LogP contribution in [-0.4, -0.2) is 18.2 Å². The second kappa shape index (κ2) is 4.29. The average Bonchev–Trinajstić information content (AvgIpc) is 2.19. The van der Waals surface area contributed by atoms with Gasteiger partial charge in [-0.25, -0.2) is 9.18 Å². The second-order valence-corrected chi connectivity index (χ2v) is 3.38. The highest BCUT2D eigenvalue weighted by atomic mass is 19.1. The minimum absolute atomic E-state index is 0.181. The van der Waals surface area contributed by atoms with Gasteiger partial charge >= 0.3 is 5.97 Å². The number of halogens is 1. The first-order valence-corrected chi connectivity index (χ1v) is 4.49. The van der Waals surface area contributed by atoms with Crippen LogP contribution in [0.5, 0.6) is 5.75 Å². The molecule has 1 unspecified atom stereocenters. The van der Waals surface area contributed by atoms with Crippen molar-refractivity contribution in [1.29, 1.82) is 0 Å². The van der Waals surface area contributed by atoms with Gasteiger partial charge in [0.25, 0.3) is 0 Å². The van der Waals surface area contributed by atoms with Gasteiger partial charge in [0.1, 0.15) is 5.75 Å². The highest BCUT2D eigenvalue weighted by molar-refractivity contribution is 5.75. The van der Waals surface area contributed by atoms with Crippen LogP contribution in [0.2, 0.25) is 0 Å². The molecule has 1 aromatic carbocycles. The standard InChI is InChI=1S/C11H13FO3/c1-6-5-9(15-3)7(2)4-8(6)10(12)11(13)14/h4-5,10H,1-3H3,(H,13,14). The number of hydrogen-bond acceptors (Lipinski definition) is 2. The predicted octanol–water partition coefficient (Wildman–Crippen LogP) is 2.41. The van der Waals surface area contributed by atoms with Crippen molar-refractivity contribution in [1.82, 2.24) is 0 Å². The fourth-order valence-electron chi connectivity index (χ4n) is 1.44. The fourth-order valence-corrected chi connectivity index (χ4v) is 1.44. The molecule has 0 fully saturated rings. The van der Waals surface area contributed by atoms with Gasteiger partial charge in [0, 0.05) is 5.56 Å². The highest BCUT2D eigenvalue weighted by Crippen LogP contribution is 2.28. The van der Waals surface area contributed by atoms with E-state index in [9.17, 15) is 9.18 Å². The van der Waals surface area contributed by atoms with E-state index in [-0.39, 0.29) is 5.56 Å². The zero-order valence-corrected chi connectivity index (χ0v) is 8.87. The molecule has 0 heterocycles. The minimum atomic E-state index is -1.98. The lowest BCUT2D eigenvalue weighted by molar-refractivity contribution is -0.143. The quantitative estimate of drug-likeness (QED) is 0.836. The number of ether oxygens (including phenoxy) is 1. The molecule has 0 aliphatic rings. The van der Waals surface area contributed by atoms with Gasteiger partial charge in [-0.1, -0.05) is 0 Å². The van der Waals surface area contributed by atoms with Crippen LogP contribution in [0.4, 0.5) is 4.39 Å². The molecule has 0 radical (unpaired) electrons. The summed E-state index contributed by atoms with van der Waals surface area (Å²) in [6.45, 7) is 3.41. The Hall–Kier alpha value is -1.58. The van der Waals surface area contributed by atoms with Gasteiger partial charge in [0.2, 0.25) is 6.17 Å². The van der Waals surface area contributed by atoms with E-state index in [2.05, 4.69) is 0 Å². The summed E-state index contributed by atoms with van der Waals surface area (Å²) in [5.74, 6) is -0.837. The van der Waals surface area contributed by atoms with Crippen LogP contribution >= 0.6 is 0 Å². The second-order valence-electron chi connectivity index (χ2n) is 3.38. The van der Waals surface area contributed by atoms with Crippen LogP contribution in [0.25, 0.3) is 0 Å². The summed E-state index contributed by atoms with van der Waals surface area (Å²) in [4.78, 5) is 10.5. The summed E-state index contributed by atoms with van der Waals surface area (Å²) in [6.07, 6.45) is -1.98. The lowest BCUT2D eigenvalue weighted by Crippen LogP contribution is -2.08. The van der Waals surface area contributed by atoms with Gasteiger partial charge in [0.05, 0.1) is 7.11 Å². The lowest BCUT2D eigenvalue weighted by Gasteiger charge is -2.12. The Bertz CT molecular complexity index is 388. The molecule has 1 aromatic rings. The Morgan fingerprint density at radius 1 is 1.40 bits per heavy atom. The van der Waals surface area contributed by atoms with Crippen LogP contribution in [0, 0.1) is 13.8 Å². The van der Waals surface area contributed by atoms with Gasteiger partial charge in [0.15, 0.2) is 0 Å². The van der Waals surface area contributed by atoms with Crippen molar-refractivity contribution in [2.45, 2.75) is 20.0 Å². The van der Waals surface area contributed by atoms with E-state index in [1.54, 1.807) is 19.9 Å². The summed E-state index contributed by atoms with van der Waals surface area (Å²) in [7, 11) is 1.52. The van der Waals surface area contributed by atoms with Crippen molar-refractivity contribution in [3.05, 3.63) is 28.8 Å². The van der Waals surface area contributed by atoms with Crippen molar-refractivity contribution < 1.29 is 19.0 Å². The molecule has 0 aliphatic carbocycles. The molecule has 0 aromatic heterocycles. The summed E-state index contributed by atoms with van der Waals surface area (Å²) in [5.41, 5.74) is 1.48. The number of alkyl halides is 1. The molecule has 15 heavy (non-hydrogen) atoms. The van der Waals surface area contributed by atoms with Crippen molar-refractivity contribution in [2.75, 3.05) is 7.11 Å². The van der Waals surface area contributed by atoms with Crippen LogP contribution in [0.1, 0.15) is 22.9 Å². The van der Waals surface area contributed by atoms with E-state index in [0.717, 1.165) is 5.56 Å². The molecular formula is C11H13FO3. The number of carboxylic acids is 1. The number of benzene rings is 1. The maximum atomic E-state index is 13.3. The molecule has 0 bridgehead atoms. The summed E-state index contributed by atoms with van der Waals surface area (Å²) < 4.78 is 18.3. The fraction of sp³-hybridized carbons (Fsp3) is 0.364. The average molecular weight is 212 g/mol. The molecule has 1 rings (SSSR count). The SMILES string of the molecule is COc1cc(C)c(C(F)C(=O)O)cc1C. The summed E-state index contributed by atoms with van der Waals surface area (Å²) in [5, 5.41) is 8.57. The Balaban J connectivity index is 3.21. The predicted molar refractivity (Wildman–Crippen MR) is 54.0 cm³/mol. The number of methoxy groups -OCH3 is 1. The molecule has 82 valence electrons. The number of carbonyl (C=O) groups is 1. The van der Waals surface area contributed by atoms with Crippen LogP contribution < -0.4 is 4.74 Å². The molecular weight excluding hydrogens is 199 g/mol.